The first-order chi connectivity index (χ1) is 7.99. The van der Waals surface area contributed by atoms with Crippen molar-refractivity contribution in [2.45, 2.75) is 57.3 Å². The Morgan fingerprint density at radius 3 is 2.41 bits per heavy atom. The number of piperidine rings is 1. The van der Waals surface area contributed by atoms with E-state index in [1.807, 2.05) is 0 Å². The summed E-state index contributed by atoms with van der Waals surface area (Å²) < 4.78 is 0. The van der Waals surface area contributed by atoms with E-state index in [4.69, 9.17) is 15.8 Å². The zero-order chi connectivity index (χ0) is 12.7. The molecule has 5 heteroatoms. The van der Waals surface area contributed by atoms with Gasteiger partial charge in [0.05, 0.1) is 0 Å². The molecular formula is C12H27BN2O2. The minimum Gasteiger partial charge on any atom is -0.427 e. The Bertz CT molecular complexity index is 207. The van der Waals surface area contributed by atoms with Gasteiger partial charge in [0.15, 0.2) is 0 Å². The van der Waals surface area contributed by atoms with Crippen LogP contribution in [0.4, 0.5) is 0 Å². The second-order valence-corrected chi connectivity index (χ2v) is 5.72. The lowest BCUT2D eigenvalue weighted by Gasteiger charge is -2.34. The van der Waals surface area contributed by atoms with Crippen molar-refractivity contribution in [1.82, 2.24) is 4.90 Å². The summed E-state index contributed by atoms with van der Waals surface area (Å²) in [4.78, 5) is 2.46. The van der Waals surface area contributed by atoms with Gasteiger partial charge in [-0.25, -0.2) is 0 Å². The maximum Gasteiger partial charge on any atom is 0.451 e. The van der Waals surface area contributed by atoms with Gasteiger partial charge in [0.2, 0.25) is 0 Å². The van der Waals surface area contributed by atoms with Crippen LogP contribution in [0.5, 0.6) is 0 Å². The molecule has 0 spiro atoms. The summed E-state index contributed by atoms with van der Waals surface area (Å²) in [5.74, 6) is 0. The Balaban J connectivity index is 2.15. The van der Waals surface area contributed by atoms with Gasteiger partial charge in [-0.1, -0.05) is 19.3 Å². The van der Waals surface area contributed by atoms with Crippen molar-refractivity contribution < 1.29 is 10.0 Å². The van der Waals surface area contributed by atoms with E-state index >= 15 is 0 Å². The molecule has 1 rings (SSSR count). The van der Waals surface area contributed by atoms with Crippen molar-refractivity contribution in [3.63, 3.8) is 0 Å². The Labute approximate surface area is 105 Å². The summed E-state index contributed by atoms with van der Waals surface area (Å²) in [6.07, 6.45) is 7.17. The second kappa shape index (κ2) is 7.36. The zero-order valence-corrected chi connectivity index (χ0v) is 11.1. The summed E-state index contributed by atoms with van der Waals surface area (Å²) in [6.45, 7) is 5.44. The van der Waals surface area contributed by atoms with Gasteiger partial charge in [-0.15, -0.1) is 0 Å². The molecular weight excluding hydrogens is 215 g/mol. The lowest BCUT2D eigenvalue weighted by atomic mass is 9.82. The van der Waals surface area contributed by atoms with Gasteiger partial charge in [-0.2, -0.15) is 0 Å². The molecule has 1 saturated heterocycles. The Kier molecular flexibility index (Phi) is 6.48. The summed E-state index contributed by atoms with van der Waals surface area (Å²) >= 11 is 0. The molecule has 0 saturated carbocycles. The van der Waals surface area contributed by atoms with Crippen molar-refractivity contribution >= 4 is 7.12 Å². The van der Waals surface area contributed by atoms with Crippen LogP contribution in [0.1, 0.15) is 45.4 Å². The van der Waals surface area contributed by atoms with E-state index in [0.717, 1.165) is 25.8 Å². The topological polar surface area (TPSA) is 69.7 Å². The first-order valence-corrected chi connectivity index (χ1v) is 6.87. The molecule has 0 radical (unpaired) electrons. The summed E-state index contributed by atoms with van der Waals surface area (Å²) in [7, 11) is -1.17. The van der Waals surface area contributed by atoms with Crippen molar-refractivity contribution in [3.8, 4) is 0 Å². The fraction of sp³-hybridized carbons (Fsp3) is 1.00. The third kappa shape index (κ3) is 7.04. The average molecular weight is 242 g/mol. The van der Waals surface area contributed by atoms with Gasteiger partial charge in [0.25, 0.3) is 0 Å². The normalized spacial score (nSPS) is 21.2. The van der Waals surface area contributed by atoms with E-state index in [1.165, 1.54) is 32.4 Å². The largest absolute Gasteiger partial charge is 0.451 e. The number of hydrogen-bond donors (Lipinski definition) is 3. The third-order valence-electron chi connectivity index (χ3n) is 3.49. The van der Waals surface area contributed by atoms with E-state index in [9.17, 15) is 0 Å². The lowest BCUT2D eigenvalue weighted by Crippen LogP contribution is -2.49. The summed E-state index contributed by atoms with van der Waals surface area (Å²) in [5.41, 5.74) is 6.16. The monoisotopic (exact) mass is 242 g/mol. The van der Waals surface area contributed by atoms with Crippen LogP contribution in [0, 0.1) is 0 Å². The smallest absolute Gasteiger partial charge is 0.427 e. The molecule has 17 heavy (non-hydrogen) atoms. The van der Waals surface area contributed by atoms with Crippen LogP contribution in [-0.2, 0) is 0 Å². The molecule has 0 aromatic heterocycles. The molecule has 4 N–H and O–H groups in total. The van der Waals surface area contributed by atoms with Crippen molar-refractivity contribution in [3.05, 3.63) is 0 Å². The van der Waals surface area contributed by atoms with Crippen LogP contribution in [0.3, 0.4) is 0 Å². The first-order valence-electron chi connectivity index (χ1n) is 6.87. The predicted molar refractivity (Wildman–Crippen MR) is 71.7 cm³/mol. The number of rotatable bonds is 7. The quantitative estimate of drug-likeness (QED) is 0.457. The fourth-order valence-electron chi connectivity index (χ4n) is 2.56. The first kappa shape index (κ1) is 15.0. The molecule has 1 unspecified atom stereocenters. The van der Waals surface area contributed by atoms with E-state index in [-0.39, 0.29) is 5.54 Å². The molecule has 1 atom stereocenters. The van der Waals surface area contributed by atoms with Crippen LogP contribution < -0.4 is 5.73 Å². The predicted octanol–water partition coefficient (Wildman–Crippen LogP) is 0.833. The SMILES string of the molecule is CC(N)(CCCCB(O)O)CN1CCCCC1. The van der Waals surface area contributed by atoms with Crippen molar-refractivity contribution in [1.29, 1.82) is 0 Å². The lowest BCUT2D eigenvalue weighted by molar-refractivity contribution is 0.178. The number of unbranched alkanes of at least 4 members (excludes halogenated alkanes) is 1. The van der Waals surface area contributed by atoms with Gasteiger partial charge in [-0.05, 0) is 45.6 Å². The Hall–Kier alpha value is -0.0951. The molecule has 1 aliphatic heterocycles. The van der Waals surface area contributed by atoms with Gasteiger partial charge in [-0.3, -0.25) is 0 Å². The molecule has 0 amide bonds. The molecule has 0 aromatic carbocycles. The van der Waals surface area contributed by atoms with E-state index in [1.54, 1.807) is 0 Å². The number of hydrogen-bond acceptors (Lipinski definition) is 4. The molecule has 4 nitrogen and oxygen atoms in total. The minimum atomic E-state index is -1.17. The Morgan fingerprint density at radius 1 is 1.18 bits per heavy atom. The highest BCUT2D eigenvalue weighted by Gasteiger charge is 2.23. The van der Waals surface area contributed by atoms with E-state index in [2.05, 4.69) is 11.8 Å². The minimum absolute atomic E-state index is 0.141. The van der Waals surface area contributed by atoms with E-state index < -0.39 is 7.12 Å². The summed E-state index contributed by atoms with van der Waals surface area (Å²) in [5, 5.41) is 17.5. The number of likely N-dealkylation sites (tertiary alicyclic amines) is 1. The van der Waals surface area contributed by atoms with Gasteiger partial charge in [0.1, 0.15) is 0 Å². The average Bonchev–Trinajstić information content (AvgIpc) is 2.25. The van der Waals surface area contributed by atoms with Crippen LogP contribution in [0.25, 0.3) is 0 Å². The zero-order valence-electron chi connectivity index (χ0n) is 11.1. The highest BCUT2D eigenvalue weighted by atomic mass is 16.4. The van der Waals surface area contributed by atoms with Crippen molar-refractivity contribution in [2.24, 2.45) is 5.73 Å². The van der Waals surface area contributed by atoms with Crippen LogP contribution >= 0.6 is 0 Å². The van der Waals surface area contributed by atoms with Gasteiger partial charge in [0, 0.05) is 12.1 Å². The third-order valence-corrected chi connectivity index (χ3v) is 3.49. The molecule has 0 aliphatic carbocycles. The number of nitrogens with two attached hydrogens (primary N) is 1. The fourth-order valence-corrected chi connectivity index (χ4v) is 2.56. The Morgan fingerprint density at radius 2 is 1.82 bits per heavy atom. The molecule has 1 heterocycles. The summed E-state index contributed by atoms with van der Waals surface area (Å²) in [6, 6.07) is 0. The highest BCUT2D eigenvalue weighted by molar-refractivity contribution is 6.40. The van der Waals surface area contributed by atoms with Crippen LogP contribution in [0.15, 0.2) is 0 Å². The standard InChI is InChI=1S/C12H27BN2O2/c1-12(14,7-3-4-8-13(16)17)11-15-9-5-2-6-10-15/h16-17H,2-11,14H2,1H3. The van der Waals surface area contributed by atoms with Gasteiger partial charge >= 0.3 is 7.12 Å². The maximum atomic E-state index is 8.76. The van der Waals surface area contributed by atoms with Crippen LogP contribution in [0.2, 0.25) is 6.32 Å². The maximum absolute atomic E-state index is 8.76. The molecule has 1 fully saturated rings. The molecule has 0 aromatic rings. The second-order valence-electron chi connectivity index (χ2n) is 5.72. The van der Waals surface area contributed by atoms with Crippen LogP contribution in [-0.4, -0.2) is 47.2 Å². The van der Waals surface area contributed by atoms with Crippen molar-refractivity contribution in [2.75, 3.05) is 19.6 Å². The molecule has 1 aliphatic rings. The highest BCUT2D eigenvalue weighted by Crippen LogP contribution is 2.17. The van der Waals surface area contributed by atoms with Gasteiger partial charge < -0.3 is 20.7 Å². The molecule has 100 valence electrons. The molecule has 0 bridgehead atoms. The van der Waals surface area contributed by atoms with E-state index in [0.29, 0.717) is 6.32 Å². The number of nitrogens with zero attached hydrogens (tertiary/aromatic N) is 1.